The lowest BCUT2D eigenvalue weighted by Gasteiger charge is -2.08. The van der Waals surface area contributed by atoms with Crippen molar-refractivity contribution in [2.75, 3.05) is 13.9 Å². The Morgan fingerprint density at radius 3 is 2.80 bits per heavy atom. The molecule has 0 spiro atoms. The fraction of sp³-hybridized carbons (Fsp3) is 0.333. The zero-order valence-corrected chi connectivity index (χ0v) is 8.30. The van der Waals surface area contributed by atoms with Crippen molar-refractivity contribution in [3.8, 4) is 5.75 Å². The number of non-ortho nitro benzene ring substituents is 1. The first-order chi connectivity index (χ1) is 7.19. The Kier molecular flexibility index (Phi) is 4.02. The SMILES string of the molecule is COCOc1ccc([N+](=O)[O-])cc1CN. The van der Waals surface area contributed by atoms with E-state index in [2.05, 4.69) is 0 Å². The van der Waals surface area contributed by atoms with Gasteiger partial charge in [0.25, 0.3) is 5.69 Å². The molecular weight excluding hydrogens is 200 g/mol. The van der Waals surface area contributed by atoms with Crippen molar-refractivity contribution in [2.45, 2.75) is 6.54 Å². The van der Waals surface area contributed by atoms with E-state index in [1.165, 1.54) is 25.3 Å². The van der Waals surface area contributed by atoms with E-state index in [0.29, 0.717) is 11.3 Å². The molecule has 0 amide bonds. The summed E-state index contributed by atoms with van der Waals surface area (Å²) in [6.07, 6.45) is 0. The molecule has 6 heteroatoms. The maximum Gasteiger partial charge on any atom is 0.270 e. The van der Waals surface area contributed by atoms with Crippen molar-refractivity contribution in [1.29, 1.82) is 0 Å². The lowest BCUT2D eigenvalue weighted by molar-refractivity contribution is -0.384. The second-order valence-corrected chi connectivity index (χ2v) is 2.80. The minimum atomic E-state index is -0.473. The molecule has 1 aromatic carbocycles. The van der Waals surface area contributed by atoms with E-state index in [0.717, 1.165) is 0 Å². The van der Waals surface area contributed by atoms with Gasteiger partial charge in [-0.1, -0.05) is 0 Å². The molecule has 15 heavy (non-hydrogen) atoms. The first-order valence-corrected chi connectivity index (χ1v) is 4.28. The van der Waals surface area contributed by atoms with Gasteiger partial charge in [0.15, 0.2) is 6.79 Å². The van der Waals surface area contributed by atoms with Crippen LogP contribution in [0.3, 0.4) is 0 Å². The minimum absolute atomic E-state index is 0.000201. The van der Waals surface area contributed by atoms with Gasteiger partial charge in [-0.15, -0.1) is 0 Å². The van der Waals surface area contributed by atoms with Crippen LogP contribution in [0.1, 0.15) is 5.56 Å². The van der Waals surface area contributed by atoms with E-state index in [-0.39, 0.29) is 19.0 Å². The zero-order valence-electron chi connectivity index (χ0n) is 8.30. The summed E-state index contributed by atoms with van der Waals surface area (Å²) in [4.78, 5) is 10.0. The van der Waals surface area contributed by atoms with Gasteiger partial charge in [0.2, 0.25) is 0 Å². The van der Waals surface area contributed by atoms with Crippen molar-refractivity contribution in [3.63, 3.8) is 0 Å². The molecule has 0 saturated carbocycles. The highest BCUT2D eigenvalue weighted by molar-refractivity contribution is 5.43. The van der Waals surface area contributed by atoms with Gasteiger partial charge in [-0.3, -0.25) is 10.1 Å². The predicted octanol–water partition coefficient (Wildman–Crippen LogP) is 1.04. The van der Waals surface area contributed by atoms with E-state index in [4.69, 9.17) is 15.2 Å². The number of rotatable bonds is 5. The fourth-order valence-electron chi connectivity index (χ4n) is 1.10. The average molecular weight is 212 g/mol. The molecule has 0 fully saturated rings. The van der Waals surface area contributed by atoms with Crippen molar-refractivity contribution >= 4 is 5.69 Å². The van der Waals surface area contributed by atoms with Crippen LogP contribution in [0.4, 0.5) is 5.69 Å². The van der Waals surface area contributed by atoms with Gasteiger partial charge in [0.1, 0.15) is 5.75 Å². The van der Waals surface area contributed by atoms with E-state index in [9.17, 15) is 10.1 Å². The van der Waals surface area contributed by atoms with E-state index in [1.54, 1.807) is 0 Å². The number of benzene rings is 1. The van der Waals surface area contributed by atoms with Crippen molar-refractivity contribution in [3.05, 3.63) is 33.9 Å². The Labute approximate surface area is 86.7 Å². The first kappa shape index (κ1) is 11.4. The molecule has 1 rings (SSSR count). The standard InChI is InChI=1S/C9H12N2O4/c1-14-6-15-9-3-2-8(11(12)13)4-7(9)5-10/h2-4H,5-6,10H2,1H3. The molecule has 0 heterocycles. The molecule has 0 radical (unpaired) electrons. The van der Waals surface area contributed by atoms with Gasteiger partial charge < -0.3 is 15.2 Å². The van der Waals surface area contributed by atoms with Crippen LogP contribution in [0.5, 0.6) is 5.75 Å². The molecule has 0 aliphatic rings. The summed E-state index contributed by atoms with van der Waals surface area (Å²) in [7, 11) is 1.49. The smallest absolute Gasteiger partial charge is 0.270 e. The number of methoxy groups -OCH3 is 1. The Balaban J connectivity index is 2.93. The molecular formula is C9H12N2O4. The second-order valence-electron chi connectivity index (χ2n) is 2.80. The number of nitrogens with two attached hydrogens (primary N) is 1. The Morgan fingerprint density at radius 1 is 1.53 bits per heavy atom. The molecule has 0 aromatic heterocycles. The van der Waals surface area contributed by atoms with Crippen LogP contribution >= 0.6 is 0 Å². The fourth-order valence-corrected chi connectivity index (χ4v) is 1.10. The first-order valence-electron chi connectivity index (χ1n) is 4.28. The molecule has 0 aliphatic carbocycles. The highest BCUT2D eigenvalue weighted by Gasteiger charge is 2.10. The molecule has 0 atom stereocenters. The third-order valence-corrected chi connectivity index (χ3v) is 1.81. The topological polar surface area (TPSA) is 87.6 Å². The molecule has 1 aromatic rings. The highest BCUT2D eigenvalue weighted by Crippen LogP contribution is 2.23. The molecule has 0 bridgehead atoms. The zero-order chi connectivity index (χ0) is 11.3. The number of hydrogen-bond donors (Lipinski definition) is 1. The lowest BCUT2D eigenvalue weighted by atomic mass is 10.2. The van der Waals surface area contributed by atoms with Crippen LogP contribution in [0, 0.1) is 10.1 Å². The lowest BCUT2D eigenvalue weighted by Crippen LogP contribution is -2.05. The summed E-state index contributed by atoms with van der Waals surface area (Å²) in [5, 5.41) is 10.5. The van der Waals surface area contributed by atoms with Gasteiger partial charge in [-0.25, -0.2) is 0 Å². The van der Waals surface area contributed by atoms with Crippen molar-refractivity contribution in [2.24, 2.45) is 5.73 Å². The van der Waals surface area contributed by atoms with Gasteiger partial charge in [-0.2, -0.15) is 0 Å². The summed E-state index contributed by atoms with van der Waals surface area (Å²) in [5.74, 6) is 0.505. The van der Waals surface area contributed by atoms with Gasteiger partial charge in [-0.05, 0) is 6.07 Å². The van der Waals surface area contributed by atoms with Crippen LogP contribution < -0.4 is 10.5 Å². The predicted molar refractivity (Wildman–Crippen MR) is 53.5 cm³/mol. The molecule has 0 unspecified atom stereocenters. The summed E-state index contributed by atoms with van der Waals surface area (Å²) in [5.41, 5.74) is 6.03. The van der Waals surface area contributed by atoms with E-state index in [1.807, 2.05) is 0 Å². The monoisotopic (exact) mass is 212 g/mol. The van der Waals surface area contributed by atoms with Crippen LogP contribution in [-0.2, 0) is 11.3 Å². The maximum absolute atomic E-state index is 10.5. The summed E-state index contributed by atoms with van der Waals surface area (Å²) < 4.78 is 9.91. The normalized spacial score (nSPS) is 10.0. The number of nitrogens with zero attached hydrogens (tertiary/aromatic N) is 1. The summed E-state index contributed by atoms with van der Waals surface area (Å²) >= 11 is 0. The van der Waals surface area contributed by atoms with Gasteiger partial charge in [0, 0.05) is 31.4 Å². The third-order valence-electron chi connectivity index (χ3n) is 1.81. The number of ether oxygens (including phenoxy) is 2. The van der Waals surface area contributed by atoms with Gasteiger partial charge in [0.05, 0.1) is 4.92 Å². The molecule has 0 saturated heterocycles. The Bertz CT molecular complexity index is 354. The van der Waals surface area contributed by atoms with Crippen LogP contribution in [-0.4, -0.2) is 18.8 Å². The van der Waals surface area contributed by atoms with Crippen molar-refractivity contribution < 1.29 is 14.4 Å². The Morgan fingerprint density at radius 2 is 2.27 bits per heavy atom. The number of hydrogen-bond acceptors (Lipinski definition) is 5. The molecule has 2 N–H and O–H groups in total. The van der Waals surface area contributed by atoms with E-state index >= 15 is 0 Å². The summed E-state index contributed by atoms with van der Waals surface area (Å²) in [6, 6.07) is 4.27. The average Bonchev–Trinajstić information content (AvgIpc) is 2.25. The number of nitro groups is 1. The van der Waals surface area contributed by atoms with Crippen LogP contribution in [0.15, 0.2) is 18.2 Å². The molecule has 0 aliphatic heterocycles. The van der Waals surface area contributed by atoms with Crippen LogP contribution in [0.25, 0.3) is 0 Å². The Hall–Kier alpha value is -1.66. The molecule has 82 valence electrons. The summed E-state index contributed by atoms with van der Waals surface area (Å²) in [6.45, 7) is 0.269. The van der Waals surface area contributed by atoms with E-state index < -0.39 is 4.92 Å². The maximum atomic E-state index is 10.5. The van der Waals surface area contributed by atoms with Gasteiger partial charge >= 0.3 is 0 Å². The third kappa shape index (κ3) is 2.90. The van der Waals surface area contributed by atoms with Crippen molar-refractivity contribution in [1.82, 2.24) is 0 Å². The second kappa shape index (κ2) is 5.28. The quantitative estimate of drug-likeness (QED) is 0.447. The van der Waals surface area contributed by atoms with Crippen LogP contribution in [0.2, 0.25) is 0 Å². The minimum Gasteiger partial charge on any atom is -0.467 e. The number of nitro benzene ring substituents is 1. The molecule has 6 nitrogen and oxygen atoms in total. The largest absolute Gasteiger partial charge is 0.467 e. The highest BCUT2D eigenvalue weighted by atomic mass is 16.7.